The van der Waals surface area contributed by atoms with Crippen LogP contribution in [0.2, 0.25) is 0 Å². The van der Waals surface area contributed by atoms with E-state index in [1.807, 2.05) is 0 Å². The highest BCUT2D eigenvalue weighted by Crippen LogP contribution is 2.75. The number of hydrogen-bond donors (Lipinski definition) is 0. The summed E-state index contributed by atoms with van der Waals surface area (Å²) in [7, 11) is 0. The van der Waals surface area contributed by atoms with Gasteiger partial charge in [0.1, 0.15) is 5.78 Å². The molecule has 0 aliphatic heterocycles. The molecule has 8 unspecified atom stereocenters. The third-order valence-electron chi connectivity index (χ3n) is 11.9. The molecule has 4 rings (SSSR count). The van der Waals surface area contributed by atoms with Crippen LogP contribution in [0.25, 0.3) is 0 Å². The number of fused-ring (bicyclic) bond motifs is 5. The highest BCUT2D eigenvalue weighted by molar-refractivity contribution is 5.87. The fourth-order valence-corrected chi connectivity index (χ4v) is 9.69. The van der Waals surface area contributed by atoms with Crippen molar-refractivity contribution in [3.63, 3.8) is 0 Å². The molecular weight excluding hydrogens is 380 g/mol. The van der Waals surface area contributed by atoms with Crippen LogP contribution in [0.15, 0.2) is 12.2 Å². The Bertz CT molecular complexity index is 797. The number of hydrogen-bond acceptors (Lipinski definition) is 2. The molecule has 174 valence electrons. The van der Waals surface area contributed by atoms with E-state index in [4.69, 9.17) is 0 Å². The first-order valence-corrected chi connectivity index (χ1v) is 13.0. The molecule has 2 heteroatoms. The fraction of sp³-hybridized carbons (Fsp3) is 0.862. The summed E-state index contributed by atoms with van der Waals surface area (Å²) in [4.78, 5) is 24.0. The van der Waals surface area contributed by atoms with Crippen molar-refractivity contribution >= 4 is 11.6 Å². The first-order chi connectivity index (χ1) is 14.3. The summed E-state index contributed by atoms with van der Waals surface area (Å²) in [5.74, 6) is 2.37. The van der Waals surface area contributed by atoms with Crippen LogP contribution in [0.4, 0.5) is 0 Å². The van der Waals surface area contributed by atoms with Crippen LogP contribution in [0.3, 0.4) is 0 Å². The second-order valence-electron chi connectivity index (χ2n) is 13.6. The number of allylic oxidation sites excluding steroid dienone is 2. The minimum Gasteiger partial charge on any atom is -0.299 e. The smallest absolute Gasteiger partial charge is 0.152 e. The lowest BCUT2D eigenvalue weighted by molar-refractivity contribution is -0.225. The van der Waals surface area contributed by atoms with Crippen LogP contribution in [0.1, 0.15) is 113 Å². The van der Waals surface area contributed by atoms with E-state index in [0.717, 1.165) is 25.2 Å². The van der Waals surface area contributed by atoms with Crippen molar-refractivity contribution < 1.29 is 9.59 Å². The summed E-state index contributed by atoms with van der Waals surface area (Å²) < 4.78 is 0. The van der Waals surface area contributed by atoms with Crippen LogP contribution in [0, 0.1) is 44.8 Å². The summed E-state index contributed by atoms with van der Waals surface area (Å²) in [5.41, 5.74) is 1.64. The van der Waals surface area contributed by atoms with Gasteiger partial charge >= 0.3 is 0 Å². The quantitative estimate of drug-likeness (QED) is 0.436. The fourth-order valence-electron chi connectivity index (χ4n) is 9.69. The molecule has 0 saturated heterocycles. The molecule has 4 fully saturated rings. The van der Waals surface area contributed by atoms with Crippen molar-refractivity contribution in [3.8, 4) is 0 Å². The van der Waals surface area contributed by atoms with E-state index >= 15 is 0 Å². The Hall–Kier alpha value is -0.920. The zero-order valence-electron chi connectivity index (χ0n) is 21.3. The lowest BCUT2D eigenvalue weighted by Gasteiger charge is -2.72. The molecule has 0 heterocycles. The predicted molar refractivity (Wildman–Crippen MR) is 128 cm³/mol. The summed E-state index contributed by atoms with van der Waals surface area (Å²) in [5, 5.41) is 0. The van der Waals surface area contributed by atoms with Crippen LogP contribution < -0.4 is 0 Å². The standard InChI is InChI=1S/C29H46O2/c1-20(30)9-8-13-25(3)15-18-29(7)24-12-14-27(5)21(2)22(31)10-11-23(27)28(24,6)17-16-26(29,4)19-25/h8-9,21,23-24H,10-19H2,1-7H3. The molecule has 0 radical (unpaired) electrons. The van der Waals surface area contributed by atoms with Gasteiger partial charge < -0.3 is 0 Å². The first kappa shape index (κ1) is 23.2. The van der Waals surface area contributed by atoms with Gasteiger partial charge in [-0.1, -0.05) is 47.6 Å². The van der Waals surface area contributed by atoms with E-state index in [-0.39, 0.29) is 17.1 Å². The van der Waals surface area contributed by atoms with Gasteiger partial charge in [0.05, 0.1) is 0 Å². The molecule has 4 saturated carbocycles. The molecule has 8 atom stereocenters. The normalized spacial score (nSPS) is 52.4. The average molecular weight is 427 g/mol. The molecule has 2 nitrogen and oxygen atoms in total. The van der Waals surface area contributed by atoms with Crippen LogP contribution in [-0.4, -0.2) is 11.6 Å². The number of carbonyl (C=O) groups is 2. The molecule has 31 heavy (non-hydrogen) atoms. The van der Waals surface area contributed by atoms with Gasteiger partial charge in [-0.2, -0.15) is 0 Å². The van der Waals surface area contributed by atoms with E-state index < -0.39 is 0 Å². The van der Waals surface area contributed by atoms with E-state index in [9.17, 15) is 9.59 Å². The largest absolute Gasteiger partial charge is 0.299 e. The van der Waals surface area contributed by atoms with Gasteiger partial charge in [0.2, 0.25) is 0 Å². The van der Waals surface area contributed by atoms with Crippen molar-refractivity contribution in [3.05, 3.63) is 12.2 Å². The molecule has 0 aromatic heterocycles. The van der Waals surface area contributed by atoms with E-state index in [1.54, 1.807) is 13.0 Å². The molecule has 0 aromatic rings. The van der Waals surface area contributed by atoms with E-state index in [1.165, 1.54) is 44.9 Å². The molecule has 0 bridgehead atoms. The summed E-state index contributed by atoms with van der Waals surface area (Å²) >= 11 is 0. The first-order valence-electron chi connectivity index (χ1n) is 13.0. The van der Waals surface area contributed by atoms with Gasteiger partial charge in [-0.25, -0.2) is 0 Å². The Balaban J connectivity index is 1.62. The average Bonchev–Trinajstić information content (AvgIpc) is 2.67. The zero-order valence-corrected chi connectivity index (χ0v) is 21.3. The van der Waals surface area contributed by atoms with Gasteiger partial charge in [-0.15, -0.1) is 0 Å². The molecule has 0 spiro atoms. The Morgan fingerprint density at radius 3 is 2.32 bits per heavy atom. The highest BCUT2D eigenvalue weighted by atomic mass is 16.1. The topological polar surface area (TPSA) is 34.1 Å². The second-order valence-corrected chi connectivity index (χ2v) is 13.6. The third-order valence-corrected chi connectivity index (χ3v) is 11.9. The summed E-state index contributed by atoms with van der Waals surface area (Å²) in [6.07, 6.45) is 15.9. The predicted octanol–water partition coefficient (Wildman–Crippen LogP) is 7.56. The lowest BCUT2D eigenvalue weighted by atomic mass is 9.33. The van der Waals surface area contributed by atoms with Crippen molar-refractivity contribution in [2.24, 2.45) is 44.8 Å². The molecule has 4 aliphatic carbocycles. The van der Waals surface area contributed by atoms with Gasteiger partial charge in [-0.3, -0.25) is 9.59 Å². The number of carbonyl (C=O) groups excluding carboxylic acids is 2. The van der Waals surface area contributed by atoms with E-state index in [2.05, 4.69) is 47.6 Å². The maximum atomic E-state index is 12.6. The SMILES string of the molecule is CC(=O)C=CCC1(C)CCC2(C)C3CCC4(C)C(C)C(=O)CCC4C3(C)CCC2(C)C1. The molecule has 0 N–H and O–H groups in total. The Morgan fingerprint density at radius 1 is 0.935 bits per heavy atom. The maximum absolute atomic E-state index is 12.6. The number of rotatable bonds is 3. The summed E-state index contributed by atoms with van der Waals surface area (Å²) in [6.45, 7) is 16.7. The minimum absolute atomic E-state index is 0.161. The monoisotopic (exact) mass is 426 g/mol. The van der Waals surface area contributed by atoms with Crippen LogP contribution >= 0.6 is 0 Å². The Kier molecular flexibility index (Phi) is 5.47. The molecule has 0 aromatic carbocycles. The van der Waals surface area contributed by atoms with E-state index in [0.29, 0.717) is 33.4 Å². The van der Waals surface area contributed by atoms with Gasteiger partial charge in [-0.05, 0) is 110 Å². The summed E-state index contributed by atoms with van der Waals surface area (Å²) in [6, 6.07) is 0. The van der Waals surface area contributed by atoms with Gasteiger partial charge in [0.15, 0.2) is 5.78 Å². The lowest BCUT2D eigenvalue weighted by Crippen LogP contribution is -2.64. The number of ketones is 2. The maximum Gasteiger partial charge on any atom is 0.152 e. The van der Waals surface area contributed by atoms with Crippen LogP contribution in [0.5, 0.6) is 0 Å². The zero-order chi connectivity index (χ0) is 22.9. The van der Waals surface area contributed by atoms with Gasteiger partial charge in [0, 0.05) is 12.3 Å². The van der Waals surface area contributed by atoms with Crippen molar-refractivity contribution in [2.75, 3.05) is 0 Å². The van der Waals surface area contributed by atoms with Gasteiger partial charge in [0.25, 0.3) is 0 Å². The third kappa shape index (κ3) is 3.33. The Labute approximate surface area is 191 Å². The Morgan fingerprint density at radius 2 is 1.65 bits per heavy atom. The second kappa shape index (κ2) is 7.29. The minimum atomic E-state index is 0.161. The number of Topliss-reactive ketones (excluding diaryl/α,β-unsaturated/α-hetero) is 1. The van der Waals surface area contributed by atoms with Crippen LogP contribution in [-0.2, 0) is 9.59 Å². The van der Waals surface area contributed by atoms with Crippen molar-refractivity contribution in [1.82, 2.24) is 0 Å². The highest BCUT2D eigenvalue weighted by Gasteiger charge is 2.67. The molecule has 0 amide bonds. The molecular formula is C29H46O2. The van der Waals surface area contributed by atoms with Crippen molar-refractivity contribution in [2.45, 2.75) is 113 Å². The molecule has 4 aliphatic rings. The van der Waals surface area contributed by atoms with Crippen molar-refractivity contribution in [1.29, 1.82) is 0 Å².